The summed E-state index contributed by atoms with van der Waals surface area (Å²) in [6, 6.07) is 1.98. The van der Waals surface area contributed by atoms with Crippen LogP contribution in [0.15, 0.2) is 22.9 Å². The number of nitrogen functional groups attached to an aromatic ring is 2. The molecular formula is C14H15BrF2N4O. The number of hydrogen-bond donors (Lipinski definition) is 2. The van der Waals surface area contributed by atoms with Crippen molar-refractivity contribution < 1.29 is 13.5 Å². The van der Waals surface area contributed by atoms with Crippen LogP contribution in [0.4, 0.5) is 20.3 Å². The molecule has 4 N–H and O–H groups in total. The van der Waals surface area contributed by atoms with Gasteiger partial charge in [-0.2, -0.15) is 0 Å². The Morgan fingerprint density at radius 3 is 2.45 bits per heavy atom. The van der Waals surface area contributed by atoms with Gasteiger partial charge < -0.3 is 16.2 Å². The molecule has 0 spiro atoms. The summed E-state index contributed by atoms with van der Waals surface area (Å²) in [5.74, 6) is -1.50. The molecule has 1 atom stereocenters. The van der Waals surface area contributed by atoms with Gasteiger partial charge in [0.2, 0.25) is 0 Å². The number of nitrogens with zero attached hydrogens (tertiary/aromatic N) is 2. The van der Waals surface area contributed by atoms with Crippen molar-refractivity contribution in [2.45, 2.75) is 20.0 Å². The minimum atomic E-state index is -0.860. The Bertz CT molecular complexity index is 697. The van der Waals surface area contributed by atoms with Crippen molar-refractivity contribution in [1.29, 1.82) is 0 Å². The summed E-state index contributed by atoms with van der Waals surface area (Å²) in [6.07, 6.45) is 0.547. The van der Waals surface area contributed by atoms with Gasteiger partial charge in [-0.05, 0) is 34.0 Å². The Balaban J connectivity index is 2.48. The van der Waals surface area contributed by atoms with E-state index in [-0.39, 0.29) is 28.9 Å². The second-order valence-corrected chi connectivity index (χ2v) is 5.83. The largest absolute Gasteiger partial charge is 0.466 e. The van der Waals surface area contributed by atoms with Gasteiger partial charge in [-0.25, -0.2) is 18.7 Å². The maximum Gasteiger partial charge on any atom is 0.258 e. The van der Waals surface area contributed by atoms with Crippen molar-refractivity contribution in [3.8, 4) is 5.88 Å². The number of anilines is 2. The van der Waals surface area contributed by atoms with Crippen LogP contribution >= 0.6 is 15.9 Å². The van der Waals surface area contributed by atoms with Crippen LogP contribution in [0, 0.1) is 17.6 Å². The number of aromatic nitrogens is 2. The lowest BCUT2D eigenvalue weighted by atomic mass is 9.96. The SMILES string of the molecule is CC(C)C(Oc1nc(Br)cnc1N)c1c(F)ccc(F)c1N. The van der Waals surface area contributed by atoms with Gasteiger partial charge in [-0.1, -0.05) is 13.8 Å². The van der Waals surface area contributed by atoms with Crippen molar-refractivity contribution >= 4 is 27.4 Å². The Labute approximate surface area is 134 Å². The van der Waals surface area contributed by atoms with Gasteiger partial charge in [-0.15, -0.1) is 0 Å². The summed E-state index contributed by atoms with van der Waals surface area (Å²) in [5.41, 5.74) is 11.0. The van der Waals surface area contributed by atoms with Gasteiger partial charge in [0.05, 0.1) is 17.4 Å². The number of hydrogen-bond acceptors (Lipinski definition) is 5. The molecule has 0 fully saturated rings. The van der Waals surface area contributed by atoms with E-state index in [1.54, 1.807) is 13.8 Å². The van der Waals surface area contributed by atoms with E-state index in [0.717, 1.165) is 12.1 Å². The third-order valence-electron chi connectivity index (χ3n) is 3.05. The van der Waals surface area contributed by atoms with Crippen LogP contribution in [0.5, 0.6) is 5.88 Å². The lowest BCUT2D eigenvalue weighted by molar-refractivity contribution is 0.143. The lowest BCUT2D eigenvalue weighted by Gasteiger charge is -2.24. The van der Waals surface area contributed by atoms with Crippen LogP contribution in [-0.2, 0) is 0 Å². The van der Waals surface area contributed by atoms with E-state index >= 15 is 0 Å². The monoisotopic (exact) mass is 372 g/mol. The maximum absolute atomic E-state index is 14.1. The highest BCUT2D eigenvalue weighted by atomic mass is 79.9. The zero-order valence-corrected chi connectivity index (χ0v) is 13.6. The molecule has 0 aliphatic carbocycles. The van der Waals surface area contributed by atoms with E-state index in [4.69, 9.17) is 16.2 Å². The standard InChI is InChI=1S/C14H15BrF2N4O/c1-6(2)12(10-7(16)3-4-8(17)11(10)18)22-14-13(19)20-5-9(15)21-14/h3-6,12H,18H2,1-2H3,(H2,19,20). The Morgan fingerprint density at radius 2 is 1.82 bits per heavy atom. The lowest BCUT2D eigenvalue weighted by Crippen LogP contribution is -2.19. The Kier molecular flexibility index (Phi) is 4.80. The van der Waals surface area contributed by atoms with Crippen molar-refractivity contribution in [1.82, 2.24) is 9.97 Å². The normalized spacial score (nSPS) is 12.5. The van der Waals surface area contributed by atoms with Crippen molar-refractivity contribution in [2.24, 2.45) is 5.92 Å². The van der Waals surface area contributed by atoms with E-state index in [0.29, 0.717) is 4.60 Å². The Morgan fingerprint density at radius 1 is 1.18 bits per heavy atom. The third kappa shape index (κ3) is 3.27. The number of halogens is 3. The summed E-state index contributed by atoms with van der Waals surface area (Å²) in [6.45, 7) is 3.58. The number of nitrogens with two attached hydrogens (primary N) is 2. The molecule has 2 rings (SSSR count). The molecular weight excluding hydrogens is 358 g/mol. The third-order valence-corrected chi connectivity index (χ3v) is 3.43. The van der Waals surface area contributed by atoms with Gasteiger partial charge >= 0.3 is 0 Å². The molecule has 0 bridgehead atoms. The molecule has 0 amide bonds. The number of ether oxygens (including phenoxy) is 1. The maximum atomic E-state index is 14.1. The molecule has 118 valence electrons. The molecule has 0 radical (unpaired) electrons. The first kappa shape index (κ1) is 16.4. The van der Waals surface area contributed by atoms with E-state index < -0.39 is 17.7 Å². The van der Waals surface area contributed by atoms with Crippen molar-refractivity contribution in [3.63, 3.8) is 0 Å². The summed E-state index contributed by atoms with van der Waals surface area (Å²) in [7, 11) is 0. The van der Waals surface area contributed by atoms with Crippen LogP contribution < -0.4 is 16.2 Å². The summed E-state index contributed by atoms with van der Waals surface area (Å²) < 4.78 is 33.9. The van der Waals surface area contributed by atoms with E-state index in [2.05, 4.69) is 25.9 Å². The highest BCUT2D eigenvalue weighted by Gasteiger charge is 2.27. The van der Waals surface area contributed by atoms with Crippen LogP contribution in [0.2, 0.25) is 0 Å². The zero-order valence-electron chi connectivity index (χ0n) is 12.0. The Hall–Kier alpha value is -1.96. The molecule has 1 aromatic carbocycles. The second-order valence-electron chi connectivity index (χ2n) is 5.02. The molecule has 2 aromatic rings. The second kappa shape index (κ2) is 6.43. The quantitative estimate of drug-likeness (QED) is 0.802. The first-order chi connectivity index (χ1) is 10.3. The minimum absolute atomic E-state index is 0.0242. The predicted octanol–water partition coefficient (Wildman–Crippen LogP) is 3.46. The first-order valence-electron chi connectivity index (χ1n) is 6.49. The molecule has 5 nitrogen and oxygen atoms in total. The molecule has 0 aliphatic heterocycles. The molecule has 0 saturated carbocycles. The summed E-state index contributed by atoms with van der Waals surface area (Å²) in [5, 5.41) is 0. The predicted molar refractivity (Wildman–Crippen MR) is 83.1 cm³/mol. The van der Waals surface area contributed by atoms with Crippen molar-refractivity contribution in [3.05, 3.63) is 40.1 Å². The van der Waals surface area contributed by atoms with Gasteiger partial charge in [0.15, 0.2) is 5.82 Å². The van der Waals surface area contributed by atoms with Gasteiger partial charge in [0.25, 0.3) is 5.88 Å². The average molecular weight is 373 g/mol. The molecule has 8 heteroatoms. The van der Waals surface area contributed by atoms with E-state index in [9.17, 15) is 8.78 Å². The van der Waals surface area contributed by atoms with E-state index in [1.165, 1.54) is 6.20 Å². The smallest absolute Gasteiger partial charge is 0.258 e. The zero-order chi connectivity index (χ0) is 16.4. The molecule has 1 heterocycles. The molecule has 0 saturated heterocycles. The molecule has 0 aliphatic rings. The van der Waals surface area contributed by atoms with Crippen LogP contribution in [0.1, 0.15) is 25.5 Å². The fraction of sp³-hybridized carbons (Fsp3) is 0.286. The van der Waals surface area contributed by atoms with Crippen molar-refractivity contribution in [2.75, 3.05) is 11.5 Å². The fourth-order valence-corrected chi connectivity index (χ4v) is 2.23. The van der Waals surface area contributed by atoms with Gasteiger partial charge in [-0.3, -0.25) is 0 Å². The van der Waals surface area contributed by atoms with E-state index in [1.807, 2.05) is 0 Å². The van der Waals surface area contributed by atoms with Gasteiger partial charge in [0, 0.05) is 0 Å². The average Bonchev–Trinajstić information content (AvgIpc) is 2.45. The number of rotatable bonds is 4. The summed E-state index contributed by atoms with van der Waals surface area (Å²) in [4.78, 5) is 7.94. The van der Waals surface area contributed by atoms with Gasteiger partial charge in [0.1, 0.15) is 22.3 Å². The number of benzene rings is 1. The summed E-state index contributed by atoms with van der Waals surface area (Å²) >= 11 is 3.15. The highest BCUT2D eigenvalue weighted by Crippen LogP contribution is 2.35. The minimum Gasteiger partial charge on any atom is -0.466 e. The fourth-order valence-electron chi connectivity index (χ4n) is 1.97. The molecule has 1 aromatic heterocycles. The molecule has 1 unspecified atom stereocenters. The van der Waals surface area contributed by atoms with Crippen LogP contribution in [0.3, 0.4) is 0 Å². The van der Waals surface area contributed by atoms with Crippen LogP contribution in [-0.4, -0.2) is 9.97 Å². The van der Waals surface area contributed by atoms with Crippen LogP contribution in [0.25, 0.3) is 0 Å². The molecule has 22 heavy (non-hydrogen) atoms. The first-order valence-corrected chi connectivity index (χ1v) is 7.28. The topological polar surface area (TPSA) is 87.0 Å². The highest BCUT2D eigenvalue weighted by molar-refractivity contribution is 9.10.